The highest BCUT2D eigenvalue weighted by molar-refractivity contribution is 5.84. The normalized spacial score (nSPS) is 10.7. The predicted octanol–water partition coefficient (Wildman–Crippen LogP) is 4.14. The van der Waals surface area contributed by atoms with Crippen LogP contribution in [0.1, 0.15) is 0 Å². The van der Waals surface area contributed by atoms with Crippen LogP contribution < -0.4 is 4.74 Å². The van der Waals surface area contributed by atoms with Crippen molar-refractivity contribution in [2.24, 2.45) is 0 Å². The molecule has 1 aromatic heterocycles. The molecule has 0 fully saturated rings. The molecule has 3 aromatic rings. The van der Waals surface area contributed by atoms with Crippen LogP contribution in [0.3, 0.4) is 0 Å². The SMILES string of the molecule is FCOc1ccc(-c2ccc3cc[nH]c3c2)cc1. The Morgan fingerprint density at radius 3 is 2.50 bits per heavy atom. The molecule has 2 nitrogen and oxygen atoms in total. The number of benzene rings is 2. The molecule has 0 spiro atoms. The summed E-state index contributed by atoms with van der Waals surface area (Å²) >= 11 is 0. The first kappa shape index (κ1) is 10.8. The van der Waals surface area contributed by atoms with Gasteiger partial charge in [0, 0.05) is 11.7 Å². The number of hydrogen-bond donors (Lipinski definition) is 1. The number of rotatable bonds is 3. The number of ether oxygens (including phenoxy) is 1. The van der Waals surface area contributed by atoms with Gasteiger partial charge >= 0.3 is 0 Å². The van der Waals surface area contributed by atoms with E-state index in [9.17, 15) is 4.39 Å². The van der Waals surface area contributed by atoms with Crippen molar-refractivity contribution in [1.82, 2.24) is 4.98 Å². The highest BCUT2D eigenvalue weighted by Gasteiger charge is 2.01. The Morgan fingerprint density at radius 2 is 1.72 bits per heavy atom. The average molecular weight is 241 g/mol. The van der Waals surface area contributed by atoms with Gasteiger partial charge in [0.2, 0.25) is 6.86 Å². The van der Waals surface area contributed by atoms with Crippen molar-refractivity contribution in [3.63, 3.8) is 0 Å². The molecule has 0 aliphatic rings. The molecule has 0 atom stereocenters. The van der Waals surface area contributed by atoms with Crippen molar-refractivity contribution < 1.29 is 9.13 Å². The number of halogens is 1. The molecule has 0 bridgehead atoms. The van der Waals surface area contributed by atoms with Crippen LogP contribution in [-0.4, -0.2) is 11.8 Å². The summed E-state index contributed by atoms with van der Waals surface area (Å²) in [4.78, 5) is 3.19. The molecule has 3 heteroatoms. The second-order valence-electron chi connectivity index (χ2n) is 4.06. The lowest BCUT2D eigenvalue weighted by Crippen LogP contribution is -1.89. The summed E-state index contributed by atoms with van der Waals surface area (Å²) in [6.45, 7) is -0.798. The summed E-state index contributed by atoms with van der Waals surface area (Å²) < 4.78 is 16.8. The number of H-pyrrole nitrogens is 1. The molecule has 90 valence electrons. The fourth-order valence-corrected chi connectivity index (χ4v) is 2.03. The molecular weight excluding hydrogens is 229 g/mol. The number of alkyl halides is 1. The van der Waals surface area contributed by atoms with E-state index >= 15 is 0 Å². The van der Waals surface area contributed by atoms with Crippen LogP contribution in [0.15, 0.2) is 54.7 Å². The van der Waals surface area contributed by atoms with Crippen molar-refractivity contribution in [2.45, 2.75) is 0 Å². The fourth-order valence-electron chi connectivity index (χ4n) is 2.03. The first-order valence-electron chi connectivity index (χ1n) is 5.73. The van der Waals surface area contributed by atoms with Crippen LogP contribution in [0.25, 0.3) is 22.0 Å². The first-order chi connectivity index (χ1) is 8.86. The molecule has 1 N–H and O–H groups in total. The van der Waals surface area contributed by atoms with Gasteiger partial charge in [0.05, 0.1) is 0 Å². The molecule has 0 amide bonds. The average Bonchev–Trinajstić information content (AvgIpc) is 2.87. The largest absolute Gasteiger partial charge is 0.463 e. The molecule has 0 aliphatic carbocycles. The third kappa shape index (κ3) is 1.95. The third-order valence-electron chi connectivity index (χ3n) is 2.96. The maximum Gasteiger partial charge on any atom is 0.228 e. The minimum absolute atomic E-state index is 0.544. The van der Waals surface area contributed by atoms with Crippen LogP contribution in [-0.2, 0) is 0 Å². The highest BCUT2D eigenvalue weighted by Crippen LogP contribution is 2.25. The van der Waals surface area contributed by atoms with E-state index in [1.54, 1.807) is 12.1 Å². The van der Waals surface area contributed by atoms with Gasteiger partial charge in [-0.05, 0) is 40.8 Å². The highest BCUT2D eigenvalue weighted by atomic mass is 19.1. The van der Waals surface area contributed by atoms with E-state index in [1.807, 2.05) is 24.4 Å². The molecule has 0 aliphatic heterocycles. The second kappa shape index (κ2) is 4.53. The molecular formula is C15H12FNO. The number of aromatic amines is 1. The van der Waals surface area contributed by atoms with E-state index in [4.69, 9.17) is 4.74 Å². The summed E-state index contributed by atoms with van der Waals surface area (Å²) in [6.07, 6.45) is 1.92. The Bertz CT molecular complexity index is 658. The maximum atomic E-state index is 12.0. The van der Waals surface area contributed by atoms with Crippen molar-refractivity contribution in [3.8, 4) is 16.9 Å². The number of nitrogens with one attached hydrogen (secondary N) is 1. The van der Waals surface area contributed by atoms with Gasteiger partial charge in [-0.1, -0.05) is 24.3 Å². The molecule has 1 heterocycles. The molecule has 0 saturated heterocycles. The van der Waals surface area contributed by atoms with Gasteiger partial charge in [-0.25, -0.2) is 4.39 Å². The van der Waals surface area contributed by atoms with E-state index in [1.165, 1.54) is 5.39 Å². The third-order valence-corrected chi connectivity index (χ3v) is 2.96. The summed E-state index contributed by atoms with van der Waals surface area (Å²) in [6, 6.07) is 15.7. The number of fused-ring (bicyclic) bond motifs is 1. The fraction of sp³-hybridized carbons (Fsp3) is 0.0667. The number of hydrogen-bond acceptors (Lipinski definition) is 1. The second-order valence-corrected chi connectivity index (χ2v) is 4.06. The first-order valence-corrected chi connectivity index (χ1v) is 5.73. The lowest BCUT2D eigenvalue weighted by molar-refractivity contribution is 0.192. The molecule has 0 radical (unpaired) electrons. The van der Waals surface area contributed by atoms with Crippen molar-refractivity contribution >= 4 is 10.9 Å². The molecule has 18 heavy (non-hydrogen) atoms. The Balaban J connectivity index is 1.97. The van der Waals surface area contributed by atoms with E-state index < -0.39 is 6.86 Å². The smallest absolute Gasteiger partial charge is 0.228 e. The number of aromatic nitrogens is 1. The lowest BCUT2D eigenvalue weighted by atomic mass is 10.0. The van der Waals surface area contributed by atoms with Crippen molar-refractivity contribution in [2.75, 3.05) is 6.86 Å². The monoisotopic (exact) mass is 241 g/mol. The molecule has 0 saturated carbocycles. The van der Waals surface area contributed by atoms with Gasteiger partial charge in [0.15, 0.2) is 0 Å². The Morgan fingerprint density at radius 1 is 0.944 bits per heavy atom. The van der Waals surface area contributed by atoms with Crippen LogP contribution in [0.4, 0.5) is 4.39 Å². The summed E-state index contributed by atoms with van der Waals surface area (Å²) in [5, 5.41) is 1.19. The standard InChI is InChI=1S/C15H12FNO/c16-10-18-14-5-3-11(4-6-14)13-2-1-12-7-8-17-15(12)9-13/h1-9,17H,10H2. The van der Waals surface area contributed by atoms with Crippen LogP contribution in [0.5, 0.6) is 5.75 Å². The summed E-state index contributed by atoms with van der Waals surface area (Å²) in [7, 11) is 0. The van der Waals surface area contributed by atoms with Gasteiger partial charge in [-0.15, -0.1) is 0 Å². The Labute approximate surface area is 104 Å². The Hall–Kier alpha value is -2.29. The maximum absolute atomic E-state index is 12.0. The van der Waals surface area contributed by atoms with Crippen molar-refractivity contribution in [1.29, 1.82) is 0 Å². The summed E-state index contributed by atoms with van der Waals surface area (Å²) in [5.41, 5.74) is 3.31. The van der Waals surface area contributed by atoms with Gasteiger partial charge in [-0.2, -0.15) is 0 Å². The van der Waals surface area contributed by atoms with Crippen molar-refractivity contribution in [3.05, 3.63) is 54.7 Å². The van der Waals surface area contributed by atoms with Gasteiger partial charge in [-0.3, -0.25) is 0 Å². The van der Waals surface area contributed by atoms with Crippen LogP contribution >= 0.6 is 0 Å². The van der Waals surface area contributed by atoms with Crippen LogP contribution in [0.2, 0.25) is 0 Å². The molecule has 2 aromatic carbocycles. The lowest BCUT2D eigenvalue weighted by Gasteiger charge is -2.04. The quantitative estimate of drug-likeness (QED) is 0.732. The molecule has 3 rings (SSSR count). The van der Waals surface area contributed by atoms with Crippen LogP contribution in [0, 0.1) is 0 Å². The Kier molecular flexibility index (Phi) is 2.73. The zero-order chi connectivity index (χ0) is 12.4. The van der Waals surface area contributed by atoms with Gasteiger partial charge in [0.25, 0.3) is 0 Å². The minimum Gasteiger partial charge on any atom is -0.463 e. The van der Waals surface area contributed by atoms with E-state index in [2.05, 4.69) is 23.2 Å². The summed E-state index contributed by atoms with van der Waals surface area (Å²) in [5.74, 6) is 0.544. The van der Waals surface area contributed by atoms with E-state index in [0.29, 0.717) is 5.75 Å². The minimum atomic E-state index is -0.798. The molecule has 0 unspecified atom stereocenters. The predicted molar refractivity (Wildman–Crippen MR) is 70.3 cm³/mol. The zero-order valence-corrected chi connectivity index (χ0v) is 9.69. The van der Waals surface area contributed by atoms with E-state index in [0.717, 1.165) is 16.6 Å². The van der Waals surface area contributed by atoms with Gasteiger partial charge in [0.1, 0.15) is 5.75 Å². The zero-order valence-electron chi connectivity index (χ0n) is 9.69. The van der Waals surface area contributed by atoms with E-state index in [-0.39, 0.29) is 0 Å². The topological polar surface area (TPSA) is 25.0 Å². The van der Waals surface area contributed by atoms with Gasteiger partial charge < -0.3 is 9.72 Å².